The maximum absolute atomic E-state index is 14.3. The van der Waals surface area contributed by atoms with Crippen LogP contribution in [-0.2, 0) is 6.54 Å². The molecule has 0 saturated carbocycles. The van der Waals surface area contributed by atoms with Crippen LogP contribution in [0, 0.1) is 5.82 Å². The standard InChI is InChI=1S/C24H17FN4O3/c25-19-10-3-1-7-17(19)14-29-20-11-4-2-6-15(20)13-21(29)23(30)26-18-9-5-8-16(12-18)22-27-24(31)32-28-22/h1-13H,14H2,(H,26,30)(H,27,28,31). The summed E-state index contributed by atoms with van der Waals surface area (Å²) in [5.74, 6) is -1.07. The fourth-order valence-electron chi connectivity index (χ4n) is 3.66. The molecule has 7 nitrogen and oxygen atoms in total. The van der Waals surface area contributed by atoms with Gasteiger partial charge in [0, 0.05) is 27.7 Å². The summed E-state index contributed by atoms with van der Waals surface area (Å²) in [6.07, 6.45) is 0. The Morgan fingerprint density at radius 1 is 1.03 bits per heavy atom. The van der Waals surface area contributed by atoms with Gasteiger partial charge in [-0.2, -0.15) is 0 Å². The molecule has 2 aromatic heterocycles. The average Bonchev–Trinajstić information content (AvgIpc) is 3.40. The minimum absolute atomic E-state index is 0.211. The number of nitrogens with one attached hydrogen (secondary N) is 2. The van der Waals surface area contributed by atoms with E-state index in [1.807, 2.05) is 24.3 Å². The third-order valence-corrected chi connectivity index (χ3v) is 5.16. The predicted octanol–water partition coefficient (Wildman–Crippen LogP) is 4.42. The van der Waals surface area contributed by atoms with Gasteiger partial charge >= 0.3 is 5.76 Å². The number of carbonyl (C=O) groups excluding carboxylic acids is 1. The van der Waals surface area contributed by atoms with Crippen molar-refractivity contribution in [3.8, 4) is 11.4 Å². The van der Waals surface area contributed by atoms with E-state index >= 15 is 0 Å². The fraction of sp³-hybridized carbons (Fsp3) is 0.0417. The third-order valence-electron chi connectivity index (χ3n) is 5.16. The van der Waals surface area contributed by atoms with Crippen molar-refractivity contribution in [1.82, 2.24) is 14.7 Å². The van der Waals surface area contributed by atoms with Crippen LogP contribution in [0.15, 0.2) is 88.2 Å². The van der Waals surface area contributed by atoms with Crippen LogP contribution in [0.4, 0.5) is 10.1 Å². The number of amides is 1. The van der Waals surface area contributed by atoms with Crippen molar-refractivity contribution in [2.24, 2.45) is 0 Å². The molecule has 0 bridgehead atoms. The monoisotopic (exact) mass is 428 g/mol. The second-order valence-electron chi connectivity index (χ2n) is 7.24. The first kappa shape index (κ1) is 19.5. The highest BCUT2D eigenvalue weighted by Gasteiger charge is 2.17. The molecule has 5 aromatic rings. The van der Waals surface area contributed by atoms with Crippen LogP contribution < -0.4 is 11.1 Å². The van der Waals surface area contributed by atoms with Crippen molar-refractivity contribution in [2.45, 2.75) is 6.54 Å². The highest BCUT2D eigenvalue weighted by Crippen LogP contribution is 2.24. The molecule has 0 fully saturated rings. The van der Waals surface area contributed by atoms with E-state index in [1.165, 1.54) is 6.07 Å². The van der Waals surface area contributed by atoms with Gasteiger partial charge in [0.15, 0.2) is 5.82 Å². The second-order valence-corrected chi connectivity index (χ2v) is 7.24. The summed E-state index contributed by atoms with van der Waals surface area (Å²) in [6, 6.07) is 22.7. The van der Waals surface area contributed by atoms with E-state index in [2.05, 4.69) is 20.0 Å². The van der Waals surface area contributed by atoms with Crippen molar-refractivity contribution in [1.29, 1.82) is 0 Å². The van der Waals surface area contributed by atoms with Crippen molar-refractivity contribution in [3.63, 3.8) is 0 Å². The van der Waals surface area contributed by atoms with Gasteiger partial charge in [-0.1, -0.05) is 53.7 Å². The summed E-state index contributed by atoms with van der Waals surface area (Å²) in [5, 5.41) is 7.42. The maximum atomic E-state index is 14.3. The van der Waals surface area contributed by atoms with Crippen LogP contribution in [0.3, 0.4) is 0 Å². The number of rotatable bonds is 5. The summed E-state index contributed by atoms with van der Waals surface area (Å²) < 4.78 is 20.7. The van der Waals surface area contributed by atoms with Crippen molar-refractivity contribution < 1.29 is 13.7 Å². The molecule has 0 atom stereocenters. The number of benzene rings is 3. The number of aromatic amines is 1. The highest BCUT2D eigenvalue weighted by molar-refractivity contribution is 6.06. The molecule has 0 unspecified atom stereocenters. The Balaban J connectivity index is 1.50. The molecule has 0 radical (unpaired) electrons. The van der Waals surface area contributed by atoms with E-state index in [0.717, 1.165) is 10.9 Å². The summed E-state index contributed by atoms with van der Waals surface area (Å²) >= 11 is 0. The van der Waals surface area contributed by atoms with Crippen LogP contribution in [-0.4, -0.2) is 20.6 Å². The van der Waals surface area contributed by atoms with Gasteiger partial charge in [0.25, 0.3) is 5.91 Å². The van der Waals surface area contributed by atoms with E-state index in [1.54, 1.807) is 53.1 Å². The fourth-order valence-corrected chi connectivity index (χ4v) is 3.66. The molecule has 0 spiro atoms. The van der Waals surface area contributed by atoms with E-state index in [9.17, 15) is 14.0 Å². The van der Waals surface area contributed by atoms with Gasteiger partial charge in [0.2, 0.25) is 0 Å². The second kappa shape index (κ2) is 7.99. The zero-order valence-corrected chi connectivity index (χ0v) is 16.7. The summed E-state index contributed by atoms with van der Waals surface area (Å²) in [5.41, 5.74) is 2.81. The molecule has 3 aromatic carbocycles. The van der Waals surface area contributed by atoms with Gasteiger partial charge in [-0.25, -0.2) is 9.18 Å². The zero-order valence-electron chi connectivity index (χ0n) is 16.7. The first-order valence-corrected chi connectivity index (χ1v) is 9.88. The molecule has 0 aliphatic heterocycles. The number of para-hydroxylation sites is 1. The molecule has 32 heavy (non-hydrogen) atoms. The molecule has 0 aliphatic carbocycles. The van der Waals surface area contributed by atoms with Crippen molar-refractivity contribution in [3.05, 3.63) is 106 Å². The van der Waals surface area contributed by atoms with E-state index in [-0.39, 0.29) is 24.1 Å². The highest BCUT2D eigenvalue weighted by atomic mass is 19.1. The Morgan fingerprint density at radius 3 is 2.66 bits per heavy atom. The van der Waals surface area contributed by atoms with Gasteiger partial charge in [-0.15, -0.1) is 0 Å². The summed E-state index contributed by atoms with van der Waals surface area (Å²) in [4.78, 5) is 26.9. The number of aromatic nitrogens is 3. The molecule has 5 rings (SSSR count). The van der Waals surface area contributed by atoms with Gasteiger partial charge in [-0.3, -0.25) is 14.3 Å². The predicted molar refractivity (Wildman–Crippen MR) is 118 cm³/mol. The van der Waals surface area contributed by atoms with Crippen LogP contribution in [0.25, 0.3) is 22.3 Å². The molecule has 1 amide bonds. The summed E-state index contributed by atoms with van der Waals surface area (Å²) in [7, 11) is 0. The van der Waals surface area contributed by atoms with Crippen LogP contribution in [0.1, 0.15) is 16.1 Å². The molecule has 2 N–H and O–H groups in total. The number of fused-ring (bicyclic) bond motifs is 1. The van der Waals surface area contributed by atoms with Crippen LogP contribution >= 0.6 is 0 Å². The first-order chi connectivity index (χ1) is 15.6. The van der Waals surface area contributed by atoms with E-state index < -0.39 is 5.76 Å². The lowest BCUT2D eigenvalue weighted by molar-refractivity contribution is 0.101. The quantitative estimate of drug-likeness (QED) is 0.433. The minimum Gasteiger partial charge on any atom is -0.332 e. The maximum Gasteiger partial charge on any atom is 0.439 e. The van der Waals surface area contributed by atoms with Gasteiger partial charge in [0.1, 0.15) is 11.5 Å². The third kappa shape index (κ3) is 3.69. The Labute approximate surface area is 181 Å². The minimum atomic E-state index is -0.660. The number of hydrogen-bond donors (Lipinski definition) is 2. The molecule has 2 heterocycles. The van der Waals surface area contributed by atoms with Crippen LogP contribution in [0.2, 0.25) is 0 Å². The normalized spacial score (nSPS) is 11.0. The summed E-state index contributed by atoms with van der Waals surface area (Å²) in [6.45, 7) is 0.211. The first-order valence-electron chi connectivity index (χ1n) is 9.88. The zero-order chi connectivity index (χ0) is 22.1. The number of nitrogens with zero attached hydrogens (tertiary/aromatic N) is 2. The lowest BCUT2D eigenvalue weighted by Gasteiger charge is -2.12. The molecule has 0 aliphatic rings. The van der Waals surface area contributed by atoms with Gasteiger partial charge in [0.05, 0.1) is 6.54 Å². The molecular weight excluding hydrogens is 411 g/mol. The number of halogens is 1. The Bertz CT molecular complexity index is 1500. The topological polar surface area (TPSA) is 92.9 Å². The van der Waals surface area contributed by atoms with E-state index in [0.29, 0.717) is 22.5 Å². The number of H-pyrrole nitrogens is 1. The Morgan fingerprint density at radius 2 is 1.84 bits per heavy atom. The van der Waals surface area contributed by atoms with Crippen molar-refractivity contribution in [2.75, 3.05) is 5.32 Å². The lowest BCUT2D eigenvalue weighted by atomic mass is 10.2. The molecule has 158 valence electrons. The number of carbonyl (C=O) groups is 1. The Kier molecular flexibility index (Phi) is 4.87. The van der Waals surface area contributed by atoms with E-state index in [4.69, 9.17) is 0 Å². The SMILES string of the molecule is O=C(Nc1cccc(-c2noc(=O)[nH]2)c1)c1cc2ccccc2n1Cc1ccccc1F. The lowest BCUT2D eigenvalue weighted by Crippen LogP contribution is -2.18. The smallest absolute Gasteiger partial charge is 0.332 e. The van der Waals surface area contributed by atoms with Crippen LogP contribution in [0.5, 0.6) is 0 Å². The van der Waals surface area contributed by atoms with Crippen molar-refractivity contribution >= 4 is 22.5 Å². The molecule has 8 heteroatoms. The average molecular weight is 428 g/mol. The molecular formula is C24H17FN4O3. The number of anilines is 1. The van der Waals surface area contributed by atoms with Gasteiger partial charge in [-0.05, 0) is 30.3 Å². The van der Waals surface area contributed by atoms with Gasteiger partial charge < -0.3 is 9.88 Å². The Hall–Kier alpha value is -4.46. The molecule has 0 saturated heterocycles. The largest absolute Gasteiger partial charge is 0.439 e. The number of hydrogen-bond acceptors (Lipinski definition) is 4.